The molecule has 2 unspecified atom stereocenters. The van der Waals surface area contributed by atoms with Crippen LogP contribution in [0.15, 0.2) is 0 Å². The van der Waals surface area contributed by atoms with Gasteiger partial charge in [-0.15, -0.1) is 0 Å². The summed E-state index contributed by atoms with van der Waals surface area (Å²) in [6.45, 7) is 3.03. The van der Waals surface area contributed by atoms with Crippen molar-refractivity contribution >= 4 is 11.9 Å². The third kappa shape index (κ3) is 4.23. The highest BCUT2D eigenvalue weighted by molar-refractivity contribution is 5.77. The van der Waals surface area contributed by atoms with Crippen molar-refractivity contribution in [3.63, 3.8) is 0 Å². The highest BCUT2D eigenvalue weighted by Crippen LogP contribution is 2.14. The van der Waals surface area contributed by atoms with E-state index in [-0.39, 0.29) is 0 Å². The van der Waals surface area contributed by atoms with Gasteiger partial charge in [0.15, 0.2) is 0 Å². The summed E-state index contributed by atoms with van der Waals surface area (Å²) in [5, 5.41) is 17.2. The van der Waals surface area contributed by atoms with Crippen LogP contribution in [0, 0.1) is 5.92 Å². The Morgan fingerprint density at radius 3 is 2.29 bits per heavy atom. The first-order chi connectivity index (χ1) is 6.27. The molecule has 0 bridgehead atoms. The van der Waals surface area contributed by atoms with Gasteiger partial charge in [-0.25, -0.2) is 0 Å². The van der Waals surface area contributed by atoms with Crippen LogP contribution in [0.4, 0.5) is 0 Å². The Labute approximate surface area is 82.9 Å². The van der Waals surface area contributed by atoms with Gasteiger partial charge < -0.3 is 15.9 Å². The van der Waals surface area contributed by atoms with E-state index in [4.69, 9.17) is 15.9 Å². The minimum absolute atomic E-state index is 0.292. The van der Waals surface area contributed by atoms with Crippen LogP contribution < -0.4 is 5.73 Å². The summed E-state index contributed by atoms with van der Waals surface area (Å²) >= 11 is 0. The molecule has 0 aliphatic rings. The van der Waals surface area contributed by atoms with Crippen LogP contribution in [-0.4, -0.2) is 27.7 Å². The molecule has 5 heteroatoms. The van der Waals surface area contributed by atoms with Crippen molar-refractivity contribution in [3.8, 4) is 0 Å². The molecule has 14 heavy (non-hydrogen) atoms. The minimum atomic E-state index is -1.25. The van der Waals surface area contributed by atoms with E-state index in [1.165, 1.54) is 6.92 Å². The van der Waals surface area contributed by atoms with Crippen molar-refractivity contribution in [1.82, 2.24) is 0 Å². The average Bonchev–Trinajstić information content (AvgIpc) is 2.03. The van der Waals surface area contributed by atoms with Gasteiger partial charge in [0.25, 0.3) is 0 Å². The molecule has 0 fully saturated rings. The lowest BCUT2D eigenvalue weighted by Crippen LogP contribution is -2.44. The Hall–Kier alpha value is -1.10. The van der Waals surface area contributed by atoms with Gasteiger partial charge in [-0.3, -0.25) is 9.59 Å². The lowest BCUT2D eigenvalue weighted by atomic mass is 9.93. The highest BCUT2D eigenvalue weighted by atomic mass is 16.4. The zero-order valence-corrected chi connectivity index (χ0v) is 8.49. The van der Waals surface area contributed by atoms with E-state index < -0.39 is 23.4 Å². The predicted molar refractivity (Wildman–Crippen MR) is 50.9 cm³/mol. The second-order valence-electron chi connectivity index (χ2n) is 3.85. The minimum Gasteiger partial charge on any atom is -0.481 e. The van der Waals surface area contributed by atoms with Gasteiger partial charge >= 0.3 is 11.9 Å². The van der Waals surface area contributed by atoms with Gasteiger partial charge in [0.2, 0.25) is 0 Å². The maximum Gasteiger partial charge on any atom is 0.323 e. The third-order valence-electron chi connectivity index (χ3n) is 2.24. The van der Waals surface area contributed by atoms with Crippen molar-refractivity contribution in [1.29, 1.82) is 0 Å². The molecule has 0 aliphatic carbocycles. The molecule has 2 atom stereocenters. The molecule has 4 N–H and O–H groups in total. The lowest BCUT2D eigenvalue weighted by molar-refractivity contribution is -0.142. The van der Waals surface area contributed by atoms with Crippen LogP contribution in [0.25, 0.3) is 0 Å². The van der Waals surface area contributed by atoms with Gasteiger partial charge in [-0.1, -0.05) is 13.3 Å². The second-order valence-corrected chi connectivity index (χ2v) is 3.85. The third-order valence-corrected chi connectivity index (χ3v) is 2.24. The predicted octanol–water partition coefficient (Wildman–Crippen LogP) is 0.679. The summed E-state index contributed by atoms with van der Waals surface area (Å²) in [4.78, 5) is 21.0. The molecule has 0 spiro atoms. The average molecular weight is 203 g/mol. The quantitative estimate of drug-likeness (QED) is 0.589. The fourth-order valence-electron chi connectivity index (χ4n) is 1.01. The molecule has 82 valence electrons. The lowest BCUT2D eigenvalue weighted by Gasteiger charge is -2.19. The van der Waals surface area contributed by atoms with Crippen LogP contribution in [-0.2, 0) is 9.59 Å². The highest BCUT2D eigenvalue weighted by Gasteiger charge is 2.27. The molecule has 0 aliphatic heterocycles. The number of aliphatic carboxylic acids is 2. The van der Waals surface area contributed by atoms with Crippen molar-refractivity contribution < 1.29 is 19.8 Å². The summed E-state index contributed by atoms with van der Waals surface area (Å²) in [5.74, 6) is -2.36. The molecule has 0 heterocycles. The Morgan fingerprint density at radius 2 is 1.93 bits per heavy atom. The first kappa shape index (κ1) is 12.9. The van der Waals surface area contributed by atoms with E-state index in [2.05, 4.69) is 0 Å². The van der Waals surface area contributed by atoms with Gasteiger partial charge in [0, 0.05) is 0 Å². The number of carboxylic acids is 2. The first-order valence-corrected chi connectivity index (χ1v) is 4.52. The van der Waals surface area contributed by atoms with Crippen molar-refractivity contribution in [3.05, 3.63) is 0 Å². The standard InChI is InChI=1S/C9H17NO4/c1-6(7(11)12)4-3-5-9(2,10)8(13)14/h6H,3-5,10H2,1-2H3,(H,11,12)(H,13,14). The van der Waals surface area contributed by atoms with E-state index >= 15 is 0 Å². The van der Waals surface area contributed by atoms with E-state index in [9.17, 15) is 9.59 Å². The maximum atomic E-state index is 10.6. The molecule has 0 radical (unpaired) electrons. The van der Waals surface area contributed by atoms with Crippen LogP contribution in [0.2, 0.25) is 0 Å². The Kier molecular flexibility index (Phi) is 4.56. The summed E-state index contributed by atoms with van der Waals surface area (Å²) in [5.41, 5.74) is 4.22. The normalized spacial score (nSPS) is 17.1. The maximum absolute atomic E-state index is 10.6. The summed E-state index contributed by atoms with van der Waals surface area (Å²) < 4.78 is 0. The Balaban J connectivity index is 3.85. The van der Waals surface area contributed by atoms with Crippen LogP contribution >= 0.6 is 0 Å². The number of rotatable bonds is 6. The molecular formula is C9H17NO4. The number of hydrogen-bond donors (Lipinski definition) is 3. The molecule has 5 nitrogen and oxygen atoms in total. The van der Waals surface area contributed by atoms with Crippen molar-refractivity contribution in [2.45, 2.75) is 38.6 Å². The Bertz CT molecular complexity index is 225. The first-order valence-electron chi connectivity index (χ1n) is 4.52. The van der Waals surface area contributed by atoms with Gasteiger partial charge in [0.1, 0.15) is 5.54 Å². The SMILES string of the molecule is CC(CCCC(C)(N)C(=O)O)C(=O)O. The fourth-order valence-corrected chi connectivity index (χ4v) is 1.01. The second kappa shape index (κ2) is 4.95. The van der Waals surface area contributed by atoms with Crippen molar-refractivity contribution in [2.24, 2.45) is 11.7 Å². The number of carbonyl (C=O) groups is 2. The number of carboxylic acid groups (broad SMARTS) is 2. The van der Waals surface area contributed by atoms with E-state index in [0.29, 0.717) is 19.3 Å². The molecule has 0 amide bonds. The van der Waals surface area contributed by atoms with Crippen molar-refractivity contribution in [2.75, 3.05) is 0 Å². The topological polar surface area (TPSA) is 101 Å². The van der Waals surface area contributed by atoms with Crippen LogP contribution in [0.1, 0.15) is 33.1 Å². The summed E-state index contributed by atoms with van der Waals surface area (Å²) in [7, 11) is 0. The molecule has 0 aromatic heterocycles. The smallest absolute Gasteiger partial charge is 0.323 e. The zero-order chi connectivity index (χ0) is 11.4. The fraction of sp³-hybridized carbons (Fsp3) is 0.778. The molecule has 0 aromatic rings. The number of hydrogen-bond acceptors (Lipinski definition) is 3. The number of nitrogens with two attached hydrogens (primary N) is 1. The van der Waals surface area contributed by atoms with Crippen LogP contribution in [0.3, 0.4) is 0 Å². The zero-order valence-electron chi connectivity index (χ0n) is 8.49. The van der Waals surface area contributed by atoms with Gasteiger partial charge in [0.05, 0.1) is 5.92 Å². The largest absolute Gasteiger partial charge is 0.481 e. The molecule has 0 aromatic carbocycles. The van der Waals surface area contributed by atoms with Gasteiger partial charge in [-0.05, 0) is 19.8 Å². The van der Waals surface area contributed by atoms with Gasteiger partial charge in [-0.2, -0.15) is 0 Å². The van der Waals surface area contributed by atoms with E-state index in [0.717, 1.165) is 0 Å². The molecule has 0 saturated carbocycles. The summed E-state index contributed by atoms with van der Waals surface area (Å²) in [6.07, 6.45) is 1.25. The monoisotopic (exact) mass is 203 g/mol. The molecule has 0 saturated heterocycles. The molecular weight excluding hydrogens is 186 g/mol. The molecule has 0 rings (SSSR count). The summed E-state index contributed by atoms with van der Waals surface area (Å²) in [6, 6.07) is 0. The van der Waals surface area contributed by atoms with Crippen LogP contribution in [0.5, 0.6) is 0 Å². The van der Waals surface area contributed by atoms with E-state index in [1.54, 1.807) is 6.92 Å². The van der Waals surface area contributed by atoms with E-state index in [1.807, 2.05) is 0 Å². The Morgan fingerprint density at radius 1 is 1.43 bits per heavy atom.